The van der Waals surface area contributed by atoms with Gasteiger partial charge in [0.15, 0.2) is 5.82 Å². The standard InChI is InChI=1S/C23H28FN7O/c1-13-20-21(30(3)14(2)22(32)31(20)4)29-23(28-13)27-12-15(10-25)11-26-19-9-18(19)16-5-7-17(24)8-6-16/h5-8,10-11,14,18-19H,9,12,25H2,1-4H3,(H,27,28,29)/b15-10+,26-11?/t14-,18-,19-/m0/s1. The molecule has 9 heteroatoms. The third-order valence-electron chi connectivity index (χ3n) is 6.13. The van der Waals surface area contributed by atoms with Crippen molar-refractivity contribution in [3.63, 3.8) is 0 Å². The zero-order chi connectivity index (χ0) is 23.0. The highest BCUT2D eigenvalue weighted by atomic mass is 19.1. The number of benzene rings is 1. The van der Waals surface area contributed by atoms with Crippen LogP contribution in [0.25, 0.3) is 0 Å². The summed E-state index contributed by atoms with van der Waals surface area (Å²) in [7, 11) is 3.60. The van der Waals surface area contributed by atoms with Gasteiger partial charge in [0.1, 0.15) is 17.5 Å². The lowest BCUT2D eigenvalue weighted by Crippen LogP contribution is -2.49. The number of hydrogen-bond acceptors (Lipinski definition) is 7. The highest BCUT2D eigenvalue weighted by molar-refractivity contribution is 6.04. The maximum Gasteiger partial charge on any atom is 0.249 e. The minimum absolute atomic E-state index is 0.0102. The smallest absolute Gasteiger partial charge is 0.249 e. The summed E-state index contributed by atoms with van der Waals surface area (Å²) in [5.74, 6) is 1.28. The molecule has 1 amide bonds. The maximum atomic E-state index is 13.1. The summed E-state index contributed by atoms with van der Waals surface area (Å²) in [5, 5.41) is 3.21. The van der Waals surface area contributed by atoms with Crippen LogP contribution in [-0.4, -0.2) is 54.8 Å². The molecule has 8 nitrogen and oxygen atoms in total. The van der Waals surface area contributed by atoms with Crippen molar-refractivity contribution in [2.24, 2.45) is 10.7 Å². The predicted molar refractivity (Wildman–Crippen MR) is 125 cm³/mol. The van der Waals surface area contributed by atoms with Crippen molar-refractivity contribution < 1.29 is 9.18 Å². The van der Waals surface area contributed by atoms with Crippen molar-refractivity contribution in [2.75, 3.05) is 35.8 Å². The molecule has 1 aliphatic heterocycles. The van der Waals surface area contributed by atoms with Crippen LogP contribution in [0.1, 0.15) is 30.5 Å². The van der Waals surface area contributed by atoms with E-state index in [0.717, 1.165) is 28.9 Å². The van der Waals surface area contributed by atoms with Gasteiger partial charge in [-0.15, -0.1) is 0 Å². The summed E-state index contributed by atoms with van der Waals surface area (Å²) in [6, 6.07) is 6.48. The number of carbonyl (C=O) groups excluding carboxylic acids is 1. The zero-order valence-electron chi connectivity index (χ0n) is 18.7. The quantitative estimate of drug-likeness (QED) is 0.674. The summed E-state index contributed by atoms with van der Waals surface area (Å²) in [5.41, 5.74) is 9.14. The van der Waals surface area contributed by atoms with Crippen LogP contribution in [0.3, 0.4) is 0 Å². The molecule has 1 aromatic heterocycles. The summed E-state index contributed by atoms with van der Waals surface area (Å²) < 4.78 is 13.1. The van der Waals surface area contributed by atoms with Gasteiger partial charge in [-0.25, -0.2) is 9.37 Å². The number of amides is 1. The first-order valence-corrected chi connectivity index (χ1v) is 10.6. The third-order valence-corrected chi connectivity index (χ3v) is 6.13. The van der Waals surface area contributed by atoms with Crippen LogP contribution in [0.4, 0.5) is 21.8 Å². The minimum atomic E-state index is -0.297. The Labute approximate surface area is 187 Å². The van der Waals surface area contributed by atoms with Crippen molar-refractivity contribution in [1.82, 2.24) is 9.97 Å². The lowest BCUT2D eigenvalue weighted by atomic mass is 10.1. The lowest BCUT2D eigenvalue weighted by Gasteiger charge is -2.37. The van der Waals surface area contributed by atoms with Gasteiger partial charge in [0.2, 0.25) is 11.9 Å². The molecule has 3 N–H and O–H groups in total. The number of nitrogens with one attached hydrogen (secondary N) is 1. The second-order valence-electron chi connectivity index (χ2n) is 8.32. The molecule has 2 aliphatic rings. The number of carbonyl (C=O) groups is 1. The maximum absolute atomic E-state index is 13.1. The van der Waals surface area contributed by atoms with Gasteiger partial charge in [-0.2, -0.15) is 4.98 Å². The topological polar surface area (TPSA) is 99.7 Å². The van der Waals surface area contributed by atoms with E-state index in [1.807, 2.05) is 37.9 Å². The van der Waals surface area contributed by atoms with E-state index in [4.69, 9.17) is 5.73 Å². The summed E-state index contributed by atoms with van der Waals surface area (Å²) in [4.78, 5) is 29.7. The Morgan fingerprint density at radius 1 is 1.31 bits per heavy atom. The van der Waals surface area contributed by atoms with Crippen molar-refractivity contribution in [3.8, 4) is 0 Å². The van der Waals surface area contributed by atoms with Crippen LogP contribution in [-0.2, 0) is 4.79 Å². The Balaban J connectivity index is 1.41. The summed E-state index contributed by atoms with van der Waals surface area (Å²) in [6.07, 6.45) is 4.22. The van der Waals surface area contributed by atoms with Gasteiger partial charge in [-0.05, 0) is 38.0 Å². The van der Waals surface area contributed by atoms with Crippen LogP contribution in [0.15, 0.2) is 41.0 Å². The normalized spacial score (nSPS) is 23.0. The molecule has 1 aliphatic carbocycles. The number of likely N-dealkylation sites (N-methyl/N-ethyl adjacent to an activating group) is 2. The van der Waals surface area contributed by atoms with Gasteiger partial charge in [-0.1, -0.05) is 12.1 Å². The molecule has 1 saturated carbocycles. The molecule has 0 saturated heterocycles. The molecule has 0 spiro atoms. The molecule has 4 rings (SSSR count). The van der Waals surface area contributed by atoms with Gasteiger partial charge in [0.05, 0.1) is 11.7 Å². The van der Waals surface area contributed by atoms with Gasteiger partial charge >= 0.3 is 0 Å². The SMILES string of the molecule is Cc1nc(NC/C(C=N[C@H]2C[C@H]2c2ccc(F)cc2)=C/N)nc2c1N(C)C(=O)[C@H](C)N2C. The second kappa shape index (κ2) is 8.57. The lowest BCUT2D eigenvalue weighted by molar-refractivity contribution is -0.119. The average Bonchev–Trinajstić information content (AvgIpc) is 3.56. The van der Waals surface area contributed by atoms with Crippen LogP contribution in [0.2, 0.25) is 0 Å². The fraction of sp³-hybridized carbons (Fsp3) is 0.391. The van der Waals surface area contributed by atoms with E-state index in [1.54, 1.807) is 18.2 Å². The number of aliphatic imine (C=N–C) groups is 1. The van der Waals surface area contributed by atoms with E-state index in [-0.39, 0.29) is 23.8 Å². The van der Waals surface area contributed by atoms with E-state index >= 15 is 0 Å². The molecule has 0 radical (unpaired) electrons. The number of nitrogens with two attached hydrogens (primary N) is 1. The molecule has 0 bridgehead atoms. The molecule has 1 fully saturated rings. The Hall–Kier alpha value is -3.49. The first-order chi connectivity index (χ1) is 15.3. The molecular weight excluding hydrogens is 409 g/mol. The number of halogens is 1. The van der Waals surface area contributed by atoms with E-state index in [2.05, 4.69) is 20.3 Å². The zero-order valence-corrected chi connectivity index (χ0v) is 18.7. The number of aryl methyl sites for hydroxylation is 1. The van der Waals surface area contributed by atoms with Gasteiger partial charge in [-0.3, -0.25) is 9.79 Å². The molecular formula is C23H28FN7O. The molecule has 168 valence electrons. The number of aromatic nitrogens is 2. The van der Waals surface area contributed by atoms with Gasteiger partial charge in [0.25, 0.3) is 0 Å². The number of fused-ring (bicyclic) bond motifs is 1. The highest BCUT2D eigenvalue weighted by Gasteiger charge is 2.38. The Bertz CT molecular complexity index is 1080. The highest BCUT2D eigenvalue weighted by Crippen LogP contribution is 2.43. The van der Waals surface area contributed by atoms with Crippen molar-refractivity contribution in [2.45, 2.75) is 38.3 Å². The summed E-state index contributed by atoms with van der Waals surface area (Å²) in [6.45, 7) is 4.14. The third kappa shape index (κ3) is 4.15. The monoisotopic (exact) mass is 437 g/mol. The largest absolute Gasteiger partial charge is 0.404 e. The Morgan fingerprint density at radius 3 is 2.72 bits per heavy atom. The van der Waals surface area contributed by atoms with E-state index in [9.17, 15) is 9.18 Å². The number of anilines is 3. The van der Waals surface area contributed by atoms with Crippen molar-refractivity contribution in [1.29, 1.82) is 0 Å². The molecule has 0 unspecified atom stereocenters. The minimum Gasteiger partial charge on any atom is -0.404 e. The molecule has 3 atom stereocenters. The van der Waals surface area contributed by atoms with Crippen LogP contribution >= 0.6 is 0 Å². The fourth-order valence-corrected chi connectivity index (χ4v) is 3.94. The van der Waals surface area contributed by atoms with E-state index < -0.39 is 0 Å². The van der Waals surface area contributed by atoms with Crippen molar-refractivity contribution in [3.05, 3.63) is 53.1 Å². The summed E-state index contributed by atoms with van der Waals surface area (Å²) >= 11 is 0. The van der Waals surface area contributed by atoms with E-state index in [0.29, 0.717) is 24.2 Å². The first-order valence-electron chi connectivity index (χ1n) is 10.6. The molecule has 2 heterocycles. The van der Waals surface area contributed by atoms with E-state index in [1.165, 1.54) is 18.3 Å². The Kier molecular flexibility index (Phi) is 5.82. The molecule has 1 aromatic carbocycles. The van der Waals surface area contributed by atoms with Crippen LogP contribution < -0.4 is 20.9 Å². The average molecular weight is 438 g/mol. The Morgan fingerprint density at radius 2 is 2.03 bits per heavy atom. The van der Waals surface area contributed by atoms with Gasteiger partial charge in [0, 0.05) is 44.5 Å². The molecule has 2 aromatic rings. The van der Waals surface area contributed by atoms with Crippen molar-refractivity contribution >= 4 is 29.6 Å². The number of rotatable bonds is 6. The van der Waals surface area contributed by atoms with Crippen LogP contribution in [0, 0.1) is 12.7 Å². The molecule has 32 heavy (non-hydrogen) atoms. The fourth-order valence-electron chi connectivity index (χ4n) is 3.94. The first kappa shape index (κ1) is 21.7. The number of hydrogen-bond donors (Lipinski definition) is 2. The number of nitrogens with zero attached hydrogens (tertiary/aromatic N) is 5. The van der Waals surface area contributed by atoms with Gasteiger partial charge < -0.3 is 20.9 Å². The van der Waals surface area contributed by atoms with Crippen LogP contribution in [0.5, 0.6) is 0 Å². The second-order valence-corrected chi connectivity index (χ2v) is 8.32. The predicted octanol–water partition coefficient (Wildman–Crippen LogP) is 2.61.